The van der Waals surface area contributed by atoms with Gasteiger partial charge in [-0.15, -0.1) is 0 Å². The molecule has 4 heteroatoms. The fraction of sp³-hybridized carbons (Fsp3) is 0.300. The molecule has 0 fully saturated rings. The maximum Gasteiger partial charge on any atom is 0.335 e. The number of ether oxygens (including phenoxy) is 1. The quantitative estimate of drug-likeness (QED) is 0.710. The Bertz CT molecular complexity index is 376. The molecule has 1 aromatic carbocycles. The Kier molecular flexibility index (Phi) is 2.04. The highest BCUT2D eigenvalue weighted by Gasteiger charge is 2.16. The molecule has 0 amide bonds. The number of hydrogen-bond acceptors (Lipinski definition) is 3. The largest absolute Gasteiger partial charge is 0.487 e. The molecule has 0 aromatic heterocycles. The van der Waals surface area contributed by atoms with Crippen molar-refractivity contribution < 1.29 is 14.6 Å². The van der Waals surface area contributed by atoms with Crippen molar-refractivity contribution in [2.75, 3.05) is 11.9 Å². The summed E-state index contributed by atoms with van der Waals surface area (Å²) in [4.78, 5) is 10.7. The van der Waals surface area contributed by atoms with Gasteiger partial charge in [-0.25, -0.2) is 4.79 Å². The SMILES string of the molecule is C[C@H]1CNc2cc(C(=O)O)ccc2O1. The number of fused-ring (bicyclic) bond motifs is 1. The first-order valence-electron chi connectivity index (χ1n) is 4.44. The van der Waals surface area contributed by atoms with Crippen LogP contribution in [0.25, 0.3) is 0 Å². The normalized spacial score (nSPS) is 19.1. The molecule has 14 heavy (non-hydrogen) atoms. The fourth-order valence-corrected chi connectivity index (χ4v) is 1.42. The molecule has 1 heterocycles. The third-order valence-corrected chi connectivity index (χ3v) is 2.13. The molecule has 0 spiro atoms. The Hall–Kier alpha value is -1.71. The van der Waals surface area contributed by atoms with Crippen molar-refractivity contribution in [3.63, 3.8) is 0 Å². The van der Waals surface area contributed by atoms with Crippen LogP contribution in [0.3, 0.4) is 0 Å². The van der Waals surface area contributed by atoms with Gasteiger partial charge in [0.15, 0.2) is 0 Å². The van der Waals surface area contributed by atoms with Crippen LogP contribution in [-0.2, 0) is 0 Å². The van der Waals surface area contributed by atoms with Crippen molar-refractivity contribution in [1.82, 2.24) is 0 Å². The molecule has 2 N–H and O–H groups in total. The second kappa shape index (κ2) is 3.21. The molecule has 0 aliphatic carbocycles. The standard InChI is InChI=1S/C10H11NO3/c1-6-5-11-8-4-7(10(12)13)2-3-9(8)14-6/h2-4,6,11H,5H2,1H3,(H,12,13)/t6-/m0/s1. The highest BCUT2D eigenvalue weighted by atomic mass is 16.5. The van der Waals surface area contributed by atoms with Crippen LogP contribution in [0.15, 0.2) is 18.2 Å². The predicted molar refractivity (Wildman–Crippen MR) is 52.0 cm³/mol. The smallest absolute Gasteiger partial charge is 0.335 e. The van der Waals surface area contributed by atoms with Crippen molar-refractivity contribution in [1.29, 1.82) is 0 Å². The lowest BCUT2D eigenvalue weighted by molar-refractivity contribution is 0.0697. The van der Waals surface area contributed by atoms with E-state index in [2.05, 4.69) is 5.32 Å². The van der Waals surface area contributed by atoms with E-state index in [1.807, 2.05) is 6.92 Å². The van der Waals surface area contributed by atoms with Crippen molar-refractivity contribution in [2.45, 2.75) is 13.0 Å². The Morgan fingerprint density at radius 1 is 1.64 bits per heavy atom. The van der Waals surface area contributed by atoms with Gasteiger partial charge >= 0.3 is 5.97 Å². The van der Waals surface area contributed by atoms with E-state index < -0.39 is 5.97 Å². The van der Waals surface area contributed by atoms with E-state index in [1.165, 1.54) is 0 Å². The van der Waals surface area contributed by atoms with Crippen molar-refractivity contribution in [3.05, 3.63) is 23.8 Å². The Morgan fingerprint density at radius 3 is 3.14 bits per heavy atom. The molecule has 0 saturated heterocycles. The summed E-state index contributed by atoms with van der Waals surface area (Å²) in [6.45, 7) is 2.66. The minimum Gasteiger partial charge on any atom is -0.487 e. The third-order valence-electron chi connectivity index (χ3n) is 2.13. The van der Waals surface area contributed by atoms with E-state index >= 15 is 0 Å². The number of benzene rings is 1. The molecule has 0 saturated carbocycles. The van der Waals surface area contributed by atoms with Gasteiger partial charge in [0.05, 0.1) is 17.8 Å². The summed E-state index contributed by atoms with van der Waals surface area (Å²) in [5.41, 5.74) is 1.03. The van der Waals surface area contributed by atoms with E-state index in [-0.39, 0.29) is 11.7 Å². The van der Waals surface area contributed by atoms with E-state index in [4.69, 9.17) is 9.84 Å². The fourth-order valence-electron chi connectivity index (χ4n) is 1.42. The summed E-state index contributed by atoms with van der Waals surface area (Å²) in [6, 6.07) is 4.81. The number of hydrogen-bond donors (Lipinski definition) is 2. The lowest BCUT2D eigenvalue weighted by atomic mass is 10.1. The van der Waals surface area contributed by atoms with E-state index in [9.17, 15) is 4.79 Å². The topological polar surface area (TPSA) is 58.6 Å². The monoisotopic (exact) mass is 193 g/mol. The molecule has 0 bridgehead atoms. The Labute approximate surface area is 81.5 Å². The lowest BCUT2D eigenvalue weighted by Gasteiger charge is -2.24. The highest BCUT2D eigenvalue weighted by Crippen LogP contribution is 2.29. The van der Waals surface area contributed by atoms with Crippen LogP contribution in [0.1, 0.15) is 17.3 Å². The summed E-state index contributed by atoms with van der Waals surface area (Å²) < 4.78 is 5.51. The number of carboxylic acid groups (broad SMARTS) is 1. The second-order valence-corrected chi connectivity index (χ2v) is 3.33. The van der Waals surface area contributed by atoms with Gasteiger partial charge in [-0.1, -0.05) is 0 Å². The van der Waals surface area contributed by atoms with Gasteiger partial charge in [0.25, 0.3) is 0 Å². The van der Waals surface area contributed by atoms with Crippen LogP contribution in [0.5, 0.6) is 5.75 Å². The van der Waals surface area contributed by atoms with Crippen LogP contribution in [0.2, 0.25) is 0 Å². The molecule has 2 rings (SSSR count). The number of rotatable bonds is 1. The molecule has 4 nitrogen and oxygen atoms in total. The predicted octanol–water partition coefficient (Wildman–Crippen LogP) is 1.58. The number of nitrogens with one attached hydrogen (secondary N) is 1. The first-order chi connectivity index (χ1) is 6.66. The van der Waals surface area contributed by atoms with Crippen LogP contribution in [-0.4, -0.2) is 23.7 Å². The summed E-state index contributed by atoms with van der Waals surface area (Å²) in [6.07, 6.45) is 0.123. The lowest BCUT2D eigenvalue weighted by Crippen LogP contribution is -2.27. The summed E-state index contributed by atoms with van der Waals surface area (Å²) in [5, 5.41) is 11.9. The molecule has 1 atom stereocenters. The van der Waals surface area contributed by atoms with Gasteiger partial charge in [-0.3, -0.25) is 0 Å². The average Bonchev–Trinajstić information content (AvgIpc) is 2.16. The zero-order chi connectivity index (χ0) is 10.1. The number of aromatic carboxylic acids is 1. The van der Waals surface area contributed by atoms with Crippen LogP contribution in [0.4, 0.5) is 5.69 Å². The van der Waals surface area contributed by atoms with Crippen molar-refractivity contribution in [3.8, 4) is 5.75 Å². The molecular weight excluding hydrogens is 182 g/mol. The molecular formula is C10H11NO3. The molecule has 0 unspecified atom stereocenters. The minimum absolute atomic E-state index is 0.123. The first kappa shape index (κ1) is 8.87. The zero-order valence-electron chi connectivity index (χ0n) is 7.78. The maximum atomic E-state index is 10.7. The van der Waals surface area contributed by atoms with E-state index in [1.54, 1.807) is 18.2 Å². The van der Waals surface area contributed by atoms with Crippen LogP contribution in [0, 0.1) is 0 Å². The molecule has 1 aliphatic heterocycles. The highest BCUT2D eigenvalue weighted by molar-refractivity contribution is 5.89. The third kappa shape index (κ3) is 1.51. The molecule has 1 aliphatic rings. The molecule has 74 valence electrons. The Balaban J connectivity index is 2.36. The van der Waals surface area contributed by atoms with Crippen LogP contribution < -0.4 is 10.1 Å². The molecule has 1 aromatic rings. The number of carbonyl (C=O) groups is 1. The summed E-state index contributed by atoms with van der Waals surface area (Å²) in [5.74, 6) is -0.207. The van der Waals surface area contributed by atoms with E-state index in [0.717, 1.165) is 5.69 Å². The number of anilines is 1. The molecule has 0 radical (unpaired) electrons. The first-order valence-corrected chi connectivity index (χ1v) is 4.44. The van der Waals surface area contributed by atoms with Gasteiger partial charge in [0.1, 0.15) is 11.9 Å². The van der Waals surface area contributed by atoms with E-state index in [0.29, 0.717) is 12.3 Å². The summed E-state index contributed by atoms with van der Waals surface area (Å²) >= 11 is 0. The number of carboxylic acids is 1. The van der Waals surface area contributed by atoms with Gasteiger partial charge in [0.2, 0.25) is 0 Å². The van der Waals surface area contributed by atoms with Crippen molar-refractivity contribution >= 4 is 11.7 Å². The summed E-state index contributed by atoms with van der Waals surface area (Å²) in [7, 11) is 0. The van der Waals surface area contributed by atoms with Gasteiger partial charge in [-0.05, 0) is 25.1 Å². The minimum atomic E-state index is -0.923. The second-order valence-electron chi connectivity index (χ2n) is 3.33. The van der Waals surface area contributed by atoms with Gasteiger partial charge in [0, 0.05) is 0 Å². The van der Waals surface area contributed by atoms with Gasteiger partial charge < -0.3 is 15.2 Å². The maximum absolute atomic E-state index is 10.7. The average molecular weight is 193 g/mol. The van der Waals surface area contributed by atoms with Gasteiger partial charge in [-0.2, -0.15) is 0 Å². The van der Waals surface area contributed by atoms with Crippen molar-refractivity contribution in [2.24, 2.45) is 0 Å². The Morgan fingerprint density at radius 2 is 2.43 bits per heavy atom. The zero-order valence-corrected chi connectivity index (χ0v) is 7.78. The van der Waals surface area contributed by atoms with Crippen LogP contribution >= 0.6 is 0 Å².